The summed E-state index contributed by atoms with van der Waals surface area (Å²) in [6, 6.07) is 23.7. The van der Waals surface area contributed by atoms with Gasteiger partial charge in [-0.1, -0.05) is 65.8 Å². The topological polar surface area (TPSA) is 59.1 Å². The largest absolute Gasteiger partial charge is 0.250 e. The molecular weight excluding hydrogens is 436 g/mol. The average molecular weight is 453 g/mol. The molecule has 0 saturated carbocycles. The number of pyridine rings is 1. The zero-order chi connectivity index (χ0) is 20.7. The first-order valence-electron chi connectivity index (χ1n) is 9.40. The van der Waals surface area contributed by atoms with E-state index in [0.717, 1.165) is 26.9 Å². The molecule has 30 heavy (non-hydrogen) atoms. The van der Waals surface area contributed by atoms with Crippen LogP contribution in [0.2, 0.25) is 5.02 Å². The van der Waals surface area contributed by atoms with E-state index in [0.29, 0.717) is 5.02 Å². The van der Waals surface area contributed by atoms with Gasteiger partial charge in [0.2, 0.25) is 10.0 Å². The van der Waals surface area contributed by atoms with Gasteiger partial charge in [0.15, 0.2) is 0 Å². The predicted molar refractivity (Wildman–Crippen MR) is 121 cm³/mol. The molecule has 4 nitrogen and oxygen atoms in total. The van der Waals surface area contributed by atoms with Crippen LogP contribution in [0.4, 0.5) is 0 Å². The fourth-order valence-electron chi connectivity index (χ4n) is 3.89. The van der Waals surface area contributed by atoms with Crippen molar-refractivity contribution in [3.63, 3.8) is 0 Å². The Morgan fingerprint density at radius 2 is 1.60 bits per heavy atom. The van der Waals surface area contributed by atoms with Crippen LogP contribution in [0.5, 0.6) is 0 Å². The Morgan fingerprint density at radius 3 is 2.30 bits per heavy atom. The predicted octanol–water partition coefficient (Wildman–Crippen LogP) is 5.75. The van der Waals surface area contributed by atoms with E-state index < -0.39 is 16.1 Å². The number of thioether (sulfide) groups is 1. The van der Waals surface area contributed by atoms with Crippen molar-refractivity contribution in [3.05, 3.63) is 101 Å². The van der Waals surface area contributed by atoms with Crippen molar-refractivity contribution in [1.82, 2.24) is 9.71 Å². The molecule has 1 N–H and O–H groups in total. The Labute approximate surface area is 184 Å². The van der Waals surface area contributed by atoms with Crippen LogP contribution in [0.1, 0.15) is 22.4 Å². The number of hydrogen-bond donors (Lipinski definition) is 1. The van der Waals surface area contributed by atoms with Gasteiger partial charge in [0.25, 0.3) is 0 Å². The highest BCUT2D eigenvalue weighted by atomic mass is 35.5. The number of halogens is 1. The molecule has 0 bridgehead atoms. The second-order valence-electron chi connectivity index (χ2n) is 7.05. The minimum atomic E-state index is -3.74. The van der Waals surface area contributed by atoms with Crippen LogP contribution in [0.3, 0.4) is 0 Å². The highest BCUT2D eigenvalue weighted by Crippen LogP contribution is 2.53. The summed E-state index contributed by atoms with van der Waals surface area (Å²) in [6.45, 7) is 0. The molecule has 150 valence electrons. The van der Waals surface area contributed by atoms with E-state index in [1.165, 1.54) is 12.1 Å². The first-order valence-corrected chi connectivity index (χ1v) is 12.1. The monoisotopic (exact) mass is 452 g/mol. The second-order valence-corrected chi connectivity index (χ2v) is 10.4. The van der Waals surface area contributed by atoms with E-state index in [1.54, 1.807) is 30.1 Å². The number of benzene rings is 3. The van der Waals surface area contributed by atoms with Crippen molar-refractivity contribution < 1.29 is 8.42 Å². The summed E-state index contributed by atoms with van der Waals surface area (Å²) in [6.07, 6.45) is 1.75. The molecule has 0 spiro atoms. The zero-order valence-corrected chi connectivity index (χ0v) is 18.1. The molecule has 4 aromatic rings. The number of nitrogens with one attached hydrogen (secondary N) is 1. The van der Waals surface area contributed by atoms with Crippen LogP contribution < -0.4 is 4.72 Å². The van der Waals surface area contributed by atoms with E-state index in [4.69, 9.17) is 11.6 Å². The van der Waals surface area contributed by atoms with Crippen LogP contribution in [0.15, 0.2) is 95.0 Å². The van der Waals surface area contributed by atoms with E-state index >= 15 is 0 Å². The highest BCUT2D eigenvalue weighted by Gasteiger charge is 2.38. The van der Waals surface area contributed by atoms with E-state index in [-0.39, 0.29) is 10.1 Å². The third kappa shape index (κ3) is 3.50. The molecule has 1 aliphatic rings. The molecule has 0 fully saturated rings. The van der Waals surface area contributed by atoms with Crippen molar-refractivity contribution in [1.29, 1.82) is 0 Å². The minimum Gasteiger partial charge on any atom is -0.250 e. The molecule has 0 saturated heterocycles. The lowest BCUT2D eigenvalue weighted by Crippen LogP contribution is -2.30. The Bertz CT molecular complexity index is 1320. The van der Waals surface area contributed by atoms with Crippen LogP contribution in [0.25, 0.3) is 10.8 Å². The van der Waals surface area contributed by atoms with Crippen LogP contribution >= 0.6 is 23.4 Å². The maximum atomic E-state index is 13.2. The summed E-state index contributed by atoms with van der Waals surface area (Å²) in [5.41, 5.74) is 2.09. The van der Waals surface area contributed by atoms with E-state index in [2.05, 4.69) is 27.9 Å². The first kappa shape index (κ1) is 19.6. The molecular formula is C23H17ClN2O2S2. The number of rotatable bonds is 5. The maximum absolute atomic E-state index is 13.2. The van der Waals surface area contributed by atoms with Gasteiger partial charge in [-0.2, -0.15) is 0 Å². The van der Waals surface area contributed by atoms with Crippen molar-refractivity contribution >= 4 is 44.2 Å². The summed E-state index contributed by atoms with van der Waals surface area (Å²) >= 11 is 7.50. The number of nitrogens with zero attached hydrogens (tertiary/aromatic N) is 1. The van der Waals surface area contributed by atoms with Crippen molar-refractivity contribution in [3.8, 4) is 0 Å². The molecule has 5 rings (SSSR count). The smallest absolute Gasteiger partial charge is 0.241 e. The molecule has 0 amide bonds. The van der Waals surface area contributed by atoms with Gasteiger partial charge in [-0.3, -0.25) is 0 Å². The molecule has 3 aromatic carbocycles. The number of aromatic nitrogens is 1. The lowest BCUT2D eigenvalue weighted by Gasteiger charge is -2.22. The molecule has 2 unspecified atom stereocenters. The summed E-state index contributed by atoms with van der Waals surface area (Å²) < 4.78 is 29.3. The second kappa shape index (κ2) is 7.71. The lowest BCUT2D eigenvalue weighted by atomic mass is 10.1. The Morgan fingerprint density at radius 1 is 0.867 bits per heavy atom. The van der Waals surface area contributed by atoms with Crippen molar-refractivity contribution in [2.75, 3.05) is 0 Å². The standard InChI is InChI=1S/C23H17ClN2O2S2/c24-16-10-12-17(13-11-16)30(27,28)26-22-18-7-3-5-15-6-4-8-19(21(15)18)23(22)29-20-9-1-2-14-25-20/h1-14,22-23,26H. The SMILES string of the molecule is O=S(=O)(NC1c2cccc3cccc(c23)C1Sc1ccccn1)c1ccc(Cl)cc1. The third-order valence-electron chi connectivity index (χ3n) is 5.21. The Balaban J connectivity index is 1.59. The van der Waals surface area contributed by atoms with Gasteiger partial charge < -0.3 is 0 Å². The normalized spacial score (nSPS) is 18.0. The molecule has 0 aliphatic heterocycles. The van der Waals surface area contributed by atoms with Gasteiger partial charge in [-0.25, -0.2) is 18.1 Å². The summed E-state index contributed by atoms with van der Waals surface area (Å²) in [5.74, 6) is 0. The van der Waals surface area contributed by atoms with Gasteiger partial charge in [0, 0.05) is 11.2 Å². The lowest BCUT2D eigenvalue weighted by molar-refractivity contribution is 0.557. The molecule has 7 heteroatoms. The summed E-state index contributed by atoms with van der Waals surface area (Å²) in [4.78, 5) is 4.63. The summed E-state index contributed by atoms with van der Waals surface area (Å²) in [5, 5.41) is 3.42. The van der Waals surface area contributed by atoms with Gasteiger partial charge in [0.05, 0.1) is 21.2 Å². The van der Waals surface area contributed by atoms with Gasteiger partial charge in [-0.15, -0.1) is 0 Å². The summed E-state index contributed by atoms with van der Waals surface area (Å²) in [7, 11) is -3.74. The third-order valence-corrected chi connectivity index (χ3v) is 8.18. The van der Waals surface area contributed by atoms with Crippen molar-refractivity contribution in [2.45, 2.75) is 21.2 Å². The molecule has 1 aromatic heterocycles. The average Bonchev–Trinajstić information content (AvgIpc) is 3.04. The van der Waals surface area contributed by atoms with Crippen LogP contribution in [0, 0.1) is 0 Å². The van der Waals surface area contributed by atoms with Crippen molar-refractivity contribution in [2.24, 2.45) is 0 Å². The number of hydrogen-bond acceptors (Lipinski definition) is 4. The van der Waals surface area contributed by atoms with Crippen LogP contribution in [-0.4, -0.2) is 13.4 Å². The first-order chi connectivity index (χ1) is 14.5. The van der Waals surface area contributed by atoms with E-state index in [9.17, 15) is 8.42 Å². The molecule has 2 atom stereocenters. The fourth-order valence-corrected chi connectivity index (χ4v) is 6.54. The van der Waals surface area contributed by atoms with Gasteiger partial charge in [0.1, 0.15) is 0 Å². The van der Waals surface area contributed by atoms with Gasteiger partial charge >= 0.3 is 0 Å². The van der Waals surface area contributed by atoms with Crippen LogP contribution in [-0.2, 0) is 10.0 Å². The van der Waals surface area contributed by atoms with E-state index in [1.807, 2.05) is 36.4 Å². The highest BCUT2D eigenvalue weighted by molar-refractivity contribution is 7.99. The maximum Gasteiger partial charge on any atom is 0.241 e. The molecule has 1 heterocycles. The Hall–Kier alpha value is -2.38. The zero-order valence-electron chi connectivity index (χ0n) is 15.7. The quantitative estimate of drug-likeness (QED) is 0.418. The molecule has 0 radical (unpaired) electrons. The fraction of sp³-hybridized carbons (Fsp3) is 0.0870. The number of sulfonamides is 1. The Kier molecular flexibility index (Phi) is 5.03. The minimum absolute atomic E-state index is 0.136. The van der Waals surface area contributed by atoms with Gasteiger partial charge in [-0.05, 0) is 58.3 Å². The molecule has 1 aliphatic carbocycles.